The van der Waals surface area contributed by atoms with Crippen LogP contribution in [0.4, 0.5) is 0 Å². The van der Waals surface area contributed by atoms with Crippen molar-refractivity contribution in [3.05, 3.63) is 33.8 Å². The number of rotatable bonds is 3. The van der Waals surface area contributed by atoms with Gasteiger partial charge >= 0.3 is 0 Å². The van der Waals surface area contributed by atoms with Crippen LogP contribution in [0.3, 0.4) is 0 Å². The lowest BCUT2D eigenvalue weighted by atomic mass is 10.1. The summed E-state index contributed by atoms with van der Waals surface area (Å²) in [5.41, 5.74) is 6.99. The third kappa shape index (κ3) is 3.77. The topological polar surface area (TPSA) is 29.3 Å². The molecular formula is C14H21Cl3N2. The number of nitrogens with two attached hydrogens (primary N) is 1. The van der Waals surface area contributed by atoms with Gasteiger partial charge in [0, 0.05) is 18.6 Å². The molecule has 2 rings (SSSR count). The van der Waals surface area contributed by atoms with E-state index >= 15 is 0 Å². The normalized spacial score (nSPS) is 25.1. The lowest BCUT2D eigenvalue weighted by molar-refractivity contribution is 0.200. The molecule has 1 aliphatic heterocycles. The van der Waals surface area contributed by atoms with E-state index in [1.54, 1.807) is 0 Å². The molecule has 1 heterocycles. The fraction of sp³-hybridized carbons (Fsp3) is 0.571. The second-order valence-electron chi connectivity index (χ2n) is 5.23. The SMILES string of the molecule is CC1CC(CN)CN1C(C)c1ccc(Cl)c(Cl)c1.Cl. The highest BCUT2D eigenvalue weighted by molar-refractivity contribution is 6.42. The minimum atomic E-state index is 0. The Hall–Kier alpha value is 0.01000. The van der Waals surface area contributed by atoms with Crippen LogP contribution in [0.15, 0.2) is 18.2 Å². The van der Waals surface area contributed by atoms with Gasteiger partial charge in [-0.2, -0.15) is 0 Å². The summed E-state index contributed by atoms with van der Waals surface area (Å²) < 4.78 is 0. The Balaban J connectivity index is 0.00000180. The summed E-state index contributed by atoms with van der Waals surface area (Å²) in [5, 5.41) is 1.24. The minimum Gasteiger partial charge on any atom is -0.330 e. The Morgan fingerprint density at radius 3 is 2.58 bits per heavy atom. The fourth-order valence-electron chi connectivity index (χ4n) is 2.84. The van der Waals surface area contributed by atoms with Gasteiger partial charge in [0.2, 0.25) is 0 Å². The Morgan fingerprint density at radius 1 is 1.37 bits per heavy atom. The Labute approximate surface area is 131 Å². The quantitative estimate of drug-likeness (QED) is 0.905. The van der Waals surface area contributed by atoms with Crippen molar-refractivity contribution in [3.8, 4) is 0 Å². The first-order valence-electron chi connectivity index (χ1n) is 6.43. The fourth-order valence-corrected chi connectivity index (χ4v) is 3.15. The molecule has 0 radical (unpaired) electrons. The molecule has 1 aromatic carbocycles. The molecule has 3 atom stereocenters. The van der Waals surface area contributed by atoms with Crippen LogP contribution in [0.1, 0.15) is 31.9 Å². The van der Waals surface area contributed by atoms with Crippen molar-refractivity contribution in [1.29, 1.82) is 0 Å². The highest BCUT2D eigenvalue weighted by Gasteiger charge is 2.31. The summed E-state index contributed by atoms with van der Waals surface area (Å²) in [5.74, 6) is 0.616. The molecule has 5 heteroatoms. The van der Waals surface area contributed by atoms with Gasteiger partial charge in [-0.05, 0) is 50.4 Å². The summed E-state index contributed by atoms with van der Waals surface area (Å²) in [7, 11) is 0. The molecule has 2 nitrogen and oxygen atoms in total. The van der Waals surface area contributed by atoms with E-state index in [4.69, 9.17) is 28.9 Å². The first-order chi connectivity index (χ1) is 8.52. The van der Waals surface area contributed by atoms with E-state index in [9.17, 15) is 0 Å². The van der Waals surface area contributed by atoms with Gasteiger partial charge < -0.3 is 5.73 Å². The van der Waals surface area contributed by atoms with Crippen molar-refractivity contribution in [2.75, 3.05) is 13.1 Å². The predicted molar refractivity (Wildman–Crippen MR) is 85.5 cm³/mol. The summed E-state index contributed by atoms with van der Waals surface area (Å²) in [6, 6.07) is 6.82. The third-order valence-electron chi connectivity index (χ3n) is 3.97. The van der Waals surface area contributed by atoms with Gasteiger partial charge in [0.25, 0.3) is 0 Å². The Bertz CT molecular complexity index is 425. The highest BCUT2D eigenvalue weighted by Crippen LogP contribution is 2.33. The van der Waals surface area contributed by atoms with Crippen molar-refractivity contribution in [1.82, 2.24) is 4.90 Å². The molecule has 1 fully saturated rings. The molecule has 108 valence electrons. The van der Waals surface area contributed by atoms with Crippen molar-refractivity contribution < 1.29 is 0 Å². The maximum atomic E-state index is 6.09. The molecule has 0 aliphatic carbocycles. The number of hydrogen-bond donors (Lipinski definition) is 1. The van der Waals surface area contributed by atoms with Gasteiger partial charge in [-0.1, -0.05) is 29.3 Å². The van der Waals surface area contributed by atoms with Crippen LogP contribution < -0.4 is 5.73 Å². The van der Waals surface area contributed by atoms with Gasteiger partial charge in [-0.15, -0.1) is 12.4 Å². The molecule has 1 saturated heterocycles. The van der Waals surface area contributed by atoms with Gasteiger partial charge in [0.05, 0.1) is 10.0 Å². The van der Waals surface area contributed by atoms with Crippen LogP contribution in [-0.2, 0) is 0 Å². The van der Waals surface area contributed by atoms with E-state index in [0.717, 1.165) is 13.1 Å². The van der Waals surface area contributed by atoms with E-state index in [2.05, 4.69) is 24.8 Å². The lowest BCUT2D eigenvalue weighted by Crippen LogP contribution is -2.30. The molecule has 0 aromatic heterocycles. The monoisotopic (exact) mass is 322 g/mol. The molecular weight excluding hydrogens is 303 g/mol. The molecule has 0 bridgehead atoms. The zero-order valence-corrected chi connectivity index (χ0v) is 13.6. The van der Waals surface area contributed by atoms with Crippen LogP contribution in [0.5, 0.6) is 0 Å². The zero-order valence-electron chi connectivity index (χ0n) is 11.3. The van der Waals surface area contributed by atoms with E-state index in [0.29, 0.717) is 28.0 Å². The third-order valence-corrected chi connectivity index (χ3v) is 4.71. The Morgan fingerprint density at radius 2 is 2.05 bits per heavy atom. The van der Waals surface area contributed by atoms with Crippen molar-refractivity contribution in [2.24, 2.45) is 11.7 Å². The van der Waals surface area contributed by atoms with Crippen LogP contribution in [0.2, 0.25) is 10.0 Å². The first kappa shape index (κ1) is 17.1. The summed E-state index contributed by atoms with van der Waals surface area (Å²) in [4.78, 5) is 2.50. The summed E-state index contributed by atoms with van der Waals surface area (Å²) >= 11 is 12.0. The van der Waals surface area contributed by atoms with Crippen LogP contribution in [-0.4, -0.2) is 24.0 Å². The van der Waals surface area contributed by atoms with Gasteiger partial charge in [-0.25, -0.2) is 0 Å². The molecule has 1 aromatic rings. The maximum absolute atomic E-state index is 6.09. The predicted octanol–water partition coefficient (Wildman–Crippen LogP) is 4.15. The molecule has 1 aliphatic rings. The Kier molecular flexibility index (Phi) is 6.41. The van der Waals surface area contributed by atoms with E-state index in [1.165, 1.54) is 12.0 Å². The number of benzene rings is 1. The van der Waals surface area contributed by atoms with Gasteiger partial charge in [0.15, 0.2) is 0 Å². The smallest absolute Gasteiger partial charge is 0.0595 e. The van der Waals surface area contributed by atoms with E-state index < -0.39 is 0 Å². The highest BCUT2D eigenvalue weighted by atomic mass is 35.5. The first-order valence-corrected chi connectivity index (χ1v) is 7.19. The molecule has 0 amide bonds. The number of halogens is 3. The largest absolute Gasteiger partial charge is 0.330 e. The second kappa shape index (κ2) is 7.14. The van der Waals surface area contributed by atoms with Crippen molar-refractivity contribution >= 4 is 35.6 Å². The van der Waals surface area contributed by atoms with Crippen LogP contribution in [0.25, 0.3) is 0 Å². The van der Waals surface area contributed by atoms with Crippen LogP contribution >= 0.6 is 35.6 Å². The molecule has 0 spiro atoms. The molecule has 2 N–H and O–H groups in total. The number of hydrogen-bond acceptors (Lipinski definition) is 2. The average Bonchev–Trinajstić information content (AvgIpc) is 2.73. The summed E-state index contributed by atoms with van der Waals surface area (Å²) in [6.45, 7) is 6.33. The number of nitrogens with zero attached hydrogens (tertiary/aromatic N) is 1. The van der Waals surface area contributed by atoms with Gasteiger partial charge in [0.1, 0.15) is 0 Å². The van der Waals surface area contributed by atoms with E-state index in [1.807, 2.05) is 12.1 Å². The lowest BCUT2D eigenvalue weighted by Gasteiger charge is -2.29. The minimum absolute atomic E-state index is 0. The van der Waals surface area contributed by atoms with E-state index in [-0.39, 0.29) is 12.4 Å². The van der Waals surface area contributed by atoms with Crippen molar-refractivity contribution in [3.63, 3.8) is 0 Å². The summed E-state index contributed by atoms with van der Waals surface area (Å²) in [6.07, 6.45) is 1.18. The standard InChI is InChI=1S/C14H20Cl2N2.ClH/c1-9-5-11(7-17)8-18(9)10(2)12-3-4-13(15)14(16)6-12;/h3-4,6,9-11H,5,7-8,17H2,1-2H3;1H. The maximum Gasteiger partial charge on any atom is 0.0595 e. The number of likely N-dealkylation sites (tertiary alicyclic amines) is 1. The molecule has 3 unspecified atom stereocenters. The zero-order chi connectivity index (χ0) is 13.3. The molecule has 0 saturated carbocycles. The van der Waals surface area contributed by atoms with Crippen molar-refractivity contribution in [2.45, 2.75) is 32.4 Å². The average molecular weight is 324 g/mol. The second-order valence-corrected chi connectivity index (χ2v) is 6.05. The van der Waals surface area contributed by atoms with Gasteiger partial charge in [-0.3, -0.25) is 4.90 Å². The molecule has 19 heavy (non-hydrogen) atoms. The van der Waals surface area contributed by atoms with Crippen LogP contribution in [0, 0.1) is 5.92 Å².